The molecule has 0 radical (unpaired) electrons. The summed E-state index contributed by atoms with van der Waals surface area (Å²) in [6.07, 6.45) is -1.23. The minimum atomic E-state index is -4.26. The predicted octanol–water partition coefficient (Wildman–Crippen LogP) is 3.69. The second-order valence-electron chi connectivity index (χ2n) is 4.79. The van der Waals surface area contributed by atoms with Gasteiger partial charge < -0.3 is 5.32 Å². The minimum Gasteiger partial charge on any atom is -0.308 e. The van der Waals surface area contributed by atoms with Gasteiger partial charge in [0.05, 0.1) is 5.56 Å². The van der Waals surface area contributed by atoms with Gasteiger partial charge in [0.1, 0.15) is 0 Å². The van der Waals surface area contributed by atoms with Crippen LogP contribution in [0.1, 0.15) is 37.3 Å². The molecule has 0 amide bonds. The van der Waals surface area contributed by atoms with Gasteiger partial charge in [0, 0.05) is 5.54 Å². The van der Waals surface area contributed by atoms with E-state index in [1.807, 2.05) is 6.92 Å². The Morgan fingerprint density at radius 3 is 2.59 bits per heavy atom. The molecule has 1 fully saturated rings. The van der Waals surface area contributed by atoms with Gasteiger partial charge in [-0.25, -0.2) is 0 Å². The number of piperidine rings is 1. The summed E-state index contributed by atoms with van der Waals surface area (Å²) in [6.45, 7) is 2.84. The highest BCUT2D eigenvalue weighted by atomic mass is 19.4. The van der Waals surface area contributed by atoms with Crippen molar-refractivity contribution in [2.75, 3.05) is 6.54 Å². The van der Waals surface area contributed by atoms with Crippen LogP contribution in [0.3, 0.4) is 0 Å². The van der Waals surface area contributed by atoms with E-state index < -0.39 is 11.7 Å². The van der Waals surface area contributed by atoms with E-state index in [-0.39, 0.29) is 5.54 Å². The fraction of sp³-hybridized carbons (Fsp3) is 0.538. The zero-order valence-electron chi connectivity index (χ0n) is 9.77. The van der Waals surface area contributed by atoms with Gasteiger partial charge in [-0.3, -0.25) is 0 Å². The Kier molecular flexibility index (Phi) is 3.17. The largest absolute Gasteiger partial charge is 0.416 e. The standard InChI is InChI=1S/C13H16F3N/c1-12(7-2-3-8-17-12)10-5-4-6-11(9-10)13(14,15)16/h4-6,9,17H,2-3,7-8H2,1H3. The van der Waals surface area contributed by atoms with E-state index in [9.17, 15) is 13.2 Å². The molecular weight excluding hydrogens is 227 g/mol. The first-order chi connectivity index (χ1) is 7.92. The molecular formula is C13H16F3N. The monoisotopic (exact) mass is 243 g/mol. The number of halogens is 3. The first-order valence-corrected chi connectivity index (χ1v) is 5.85. The highest BCUT2D eigenvalue weighted by Gasteiger charge is 2.33. The second kappa shape index (κ2) is 4.33. The van der Waals surface area contributed by atoms with Crippen molar-refractivity contribution in [2.24, 2.45) is 0 Å². The third-order valence-corrected chi connectivity index (χ3v) is 3.45. The van der Waals surface area contributed by atoms with Gasteiger partial charge >= 0.3 is 6.18 Å². The molecule has 0 aliphatic carbocycles. The molecule has 0 saturated carbocycles. The van der Waals surface area contributed by atoms with Crippen LogP contribution in [0.4, 0.5) is 13.2 Å². The first-order valence-electron chi connectivity index (χ1n) is 5.85. The summed E-state index contributed by atoms with van der Waals surface area (Å²) in [4.78, 5) is 0. The Balaban J connectivity index is 2.32. The Hall–Kier alpha value is -1.03. The summed E-state index contributed by atoms with van der Waals surface area (Å²) in [5.41, 5.74) is -0.157. The van der Waals surface area contributed by atoms with Crippen molar-refractivity contribution in [3.05, 3.63) is 35.4 Å². The number of rotatable bonds is 1. The van der Waals surface area contributed by atoms with Crippen LogP contribution in [0.15, 0.2) is 24.3 Å². The lowest BCUT2D eigenvalue weighted by Gasteiger charge is -2.35. The summed E-state index contributed by atoms with van der Waals surface area (Å²) >= 11 is 0. The van der Waals surface area contributed by atoms with E-state index in [4.69, 9.17) is 0 Å². The smallest absolute Gasteiger partial charge is 0.308 e. The Morgan fingerprint density at radius 2 is 2.00 bits per heavy atom. The molecule has 1 nitrogen and oxygen atoms in total. The van der Waals surface area contributed by atoms with Crippen molar-refractivity contribution in [3.63, 3.8) is 0 Å². The van der Waals surface area contributed by atoms with Gasteiger partial charge in [-0.05, 0) is 44.0 Å². The maximum atomic E-state index is 12.6. The van der Waals surface area contributed by atoms with Gasteiger partial charge in [-0.1, -0.05) is 18.6 Å². The van der Waals surface area contributed by atoms with Crippen LogP contribution in [-0.2, 0) is 11.7 Å². The quantitative estimate of drug-likeness (QED) is 0.793. The molecule has 1 aliphatic rings. The number of hydrogen-bond donors (Lipinski definition) is 1. The van der Waals surface area contributed by atoms with Crippen molar-refractivity contribution in [2.45, 2.75) is 37.9 Å². The molecule has 1 atom stereocenters. The molecule has 1 aliphatic heterocycles. The van der Waals surface area contributed by atoms with Gasteiger partial charge in [-0.15, -0.1) is 0 Å². The highest BCUT2D eigenvalue weighted by Crippen LogP contribution is 2.34. The Bertz CT molecular complexity index is 392. The van der Waals surface area contributed by atoms with Crippen LogP contribution < -0.4 is 5.32 Å². The summed E-state index contributed by atoms with van der Waals surface area (Å²) < 4.78 is 37.9. The summed E-state index contributed by atoms with van der Waals surface area (Å²) in [5.74, 6) is 0. The molecule has 0 bridgehead atoms. The van der Waals surface area contributed by atoms with Crippen LogP contribution >= 0.6 is 0 Å². The van der Waals surface area contributed by atoms with Crippen LogP contribution in [0, 0.1) is 0 Å². The number of hydrogen-bond acceptors (Lipinski definition) is 1. The van der Waals surface area contributed by atoms with E-state index in [1.54, 1.807) is 6.07 Å². The fourth-order valence-electron chi connectivity index (χ4n) is 2.34. The third kappa shape index (κ3) is 2.63. The number of benzene rings is 1. The molecule has 94 valence electrons. The van der Waals surface area contributed by atoms with Crippen LogP contribution in [-0.4, -0.2) is 6.54 Å². The van der Waals surface area contributed by atoms with Crippen LogP contribution in [0.2, 0.25) is 0 Å². The van der Waals surface area contributed by atoms with Gasteiger partial charge in [-0.2, -0.15) is 13.2 Å². The molecule has 1 unspecified atom stereocenters. The Labute approximate surface area is 99.0 Å². The van der Waals surface area contributed by atoms with Gasteiger partial charge in [0.2, 0.25) is 0 Å². The first kappa shape index (κ1) is 12.4. The average Bonchev–Trinajstić information content (AvgIpc) is 2.29. The van der Waals surface area contributed by atoms with Crippen molar-refractivity contribution < 1.29 is 13.2 Å². The van der Waals surface area contributed by atoms with Crippen LogP contribution in [0.5, 0.6) is 0 Å². The summed E-state index contributed by atoms with van der Waals surface area (Å²) in [6, 6.07) is 5.64. The molecule has 4 heteroatoms. The maximum Gasteiger partial charge on any atom is 0.416 e. The highest BCUT2D eigenvalue weighted by molar-refractivity contribution is 5.31. The zero-order valence-corrected chi connectivity index (χ0v) is 9.77. The second-order valence-corrected chi connectivity index (χ2v) is 4.79. The van der Waals surface area contributed by atoms with Crippen molar-refractivity contribution in [1.82, 2.24) is 5.32 Å². The maximum absolute atomic E-state index is 12.6. The van der Waals surface area contributed by atoms with E-state index in [0.717, 1.165) is 37.4 Å². The fourth-order valence-corrected chi connectivity index (χ4v) is 2.34. The SMILES string of the molecule is CC1(c2cccc(C(F)(F)F)c2)CCCCN1. The molecule has 2 rings (SSSR count). The third-order valence-electron chi connectivity index (χ3n) is 3.45. The van der Waals surface area contributed by atoms with E-state index in [1.165, 1.54) is 12.1 Å². The van der Waals surface area contributed by atoms with E-state index >= 15 is 0 Å². The minimum absolute atomic E-state index is 0.320. The molecule has 1 N–H and O–H groups in total. The van der Waals surface area contributed by atoms with Gasteiger partial charge in [0.25, 0.3) is 0 Å². The summed E-state index contributed by atoms with van der Waals surface area (Å²) in [7, 11) is 0. The predicted molar refractivity (Wildman–Crippen MR) is 60.6 cm³/mol. The lowest BCUT2D eigenvalue weighted by atomic mass is 9.83. The summed E-state index contributed by atoms with van der Waals surface area (Å²) in [5, 5.41) is 3.32. The lowest BCUT2D eigenvalue weighted by Crippen LogP contribution is -2.43. The molecule has 1 aromatic rings. The molecule has 1 aromatic carbocycles. The van der Waals surface area contributed by atoms with Crippen molar-refractivity contribution in [1.29, 1.82) is 0 Å². The molecule has 0 spiro atoms. The van der Waals surface area contributed by atoms with Crippen molar-refractivity contribution in [3.8, 4) is 0 Å². The number of nitrogens with one attached hydrogen (secondary N) is 1. The van der Waals surface area contributed by atoms with E-state index in [0.29, 0.717) is 0 Å². The average molecular weight is 243 g/mol. The number of alkyl halides is 3. The zero-order chi connectivity index (χ0) is 12.5. The topological polar surface area (TPSA) is 12.0 Å². The lowest BCUT2D eigenvalue weighted by molar-refractivity contribution is -0.137. The van der Waals surface area contributed by atoms with Crippen molar-refractivity contribution >= 4 is 0 Å². The molecule has 1 saturated heterocycles. The van der Waals surface area contributed by atoms with Crippen LogP contribution in [0.25, 0.3) is 0 Å². The normalized spacial score (nSPS) is 25.9. The molecule has 17 heavy (non-hydrogen) atoms. The Morgan fingerprint density at radius 1 is 1.24 bits per heavy atom. The van der Waals surface area contributed by atoms with E-state index in [2.05, 4.69) is 5.32 Å². The van der Waals surface area contributed by atoms with Gasteiger partial charge in [0.15, 0.2) is 0 Å². The molecule has 1 heterocycles. The molecule has 0 aromatic heterocycles.